The van der Waals surface area contributed by atoms with Gasteiger partial charge >= 0.3 is 0 Å². The van der Waals surface area contributed by atoms with Gasteiger partial charge in [-0.15, -0.1) is 0 Å². The lowest BCUT2D eigenvalue weighted by molar-refractivity contribution is 0.0327. The highest BCUT2D eigenvalue weighted by molar-refractivity contribution is 9.09. The van der Waals surface area contributed by atoms with Gasteiger partial charge in [-0.1, -0.05) is 15.9 Å². The standard InChI is InChI=1S/C11H12BrNO3/c1-16-10-3-2-7(6-13)4-8(10)11(15)9(14)5-12/h2-4,9,11,14-15H,5H2,1H3. The fourth-order valence-electron chi connectivity index (χ4n) is 1.33. The Hall–Kier alpha value is -1.09. The first-order valence-corrected chi connectivity index (χ1v) is 5.76. The van der Waals surface area contributed by atoms with E-state index < -0.39 is 12.2 Å². The van der Waals surface area contributed by atoms with Crippen LogP contribution in [-0.2, 0) is 0 Å². The second-order valence-electron chi connectivity index (χ2n) is 3.24. The third kappa shape index (κ3) is 2.73. The summed E-state index contributed by atoms with van der Waals surface area (Å²) in [6.45, 7) is 0. The summed E-state index contributed by atoms with van der Waals surface area (Å²) in [7, 11) is 1.47. The van der Waals surface area contributed by atoms with Crippen LogP contribution < -0.4 is 4.74 Å². The summed E-state index contributed by atoms with van der Waals surface area (Å²) in [5, 5.41) is 28.4. The number of nitrogens with zero attached hydrogens (tertiary/aromatic N) is 1. The zero-order valence-electron chi connectivity index (χ0n) is 8.72. The maximum atomic E-state index is 9.85. The molecule has 0 saturated carbocycles. The van der Waals surface area contributed by atoms with Crippen LogP contribution in [0.4, 0.5) is 0 Å². The van der Waals surface area contributed by atoms with Gasteiger partial charge in [0.2, 0.25) is 0 Å². The van der Waals surface area contributed by atoms with Crippen molar-refractivity contribution in [1.82, 2.24) is 0 Å². The fraction of sp³-hybridized carbons (Fsp3) is 0.364. The predicted molar refractivity (Wildman–Crippen MR) is 62.5 cm³/mol. The zero-order valence-corrected chi connectivity index (χ0v) is 10.3. The Kier molecular flexibility index (Phi) is 4.74. The largest absolute Gasteiger partial charge is 0.496 e. The maximum absolute atomic E-state index is 9.85. The van der Waals surface area contributed by atoms with E-state index in [0.717, 1.165) is 0 Å². The van der Waals surface area contributed by atoms with Gasteiger partial charge < -0.3 is 14.9 Å². The summed E-state index contributed by atoms with van der Waals surface area (Å²) in [6.07, 6.45) is -2.02. The van der Waals surface area contributed by atoms with Crippen LogP contribution in [-0.4, -0.2) is 28.8 Å². The van der Waals surface area contributed by atoms with Crippen LogP contribution in [0.5, 0.6) is 5.75 Å². The van der Waals surface area contributed by atoms with E-state index in [1.54, 1.807) is 12.1 Å². The van der Waals surface area contributed by atoms with Gasteiger partial charge in [-0.05, 0) is 18.2 Å². The SMILES string of the molecule is COc1ccc(C#N)cc1C(O)C(O)CBr. The van der Waals surface area contributed by atoms with Crippen molar-refractivity contribution in [2.24, 2.45) is 0 Å². The molecular formula is C11H12BrNO3. The number of rotatable bonds is 4. The molecule has 0 saturated heterocycles. The van der Waals surface area contributed by atoms with E-state index >= 15 is 0 Å². The van der Waals surface area contributed by atoms with Gasteiger partial charge in [0.05, 0.1) is 24.8 Å². The Morgan fingerprint density at radius 1 is 1.50 bits per heavy atom. The third-order valence-electron chi connectivity index (χ3n) is 2.20. The summed E-state index contributed by atoms with van der Waals surface area (Å²) >= 11 is 3.08. The number of hydrogen-bond donors (Lipinski definition) is 2. The minimum absolute atomic E-state index is 0.244. The van der Waals surface area contributed by atoms with Crippen molar-refractivity contribution in [3.05, 3.63) is 29.3 Å². The van der Waals surface area contributed by atoms with Crippen LogP contribution in [0.2, 0.25) is 0 Å². The Morgan fingerprint density at radius 3 is 2.69 bits per heavy atom. The first-order valence-electron chi connectivity index (χ1n) is 4.64. The fourth-order valence-corrected chi connectivity index (χ4v) is 1.68. The molecule has 0 radical (unpaired) electrons. The first-order chi connectivity index (χ1) is 7.63. The molecule has 16 heavy (non-hydrogen) atoms. The molecule has 0 spiro atoms. The van der Waals surface area contributed by atoms with Crippen LogP contribution in [0.1, 0.15) is 17.2 Å². The third-order valence-corrected chi connectivity index (χ3v) is 2.86. The van der Waals surface area contributed by atoms with E-state index in [4.69, 9.17) is 10.00 Å². The summed E-state index contributed by atoms with van der Waals surface area (Å²) < 4.78 is 5.06. The van der Waals surface area contributed by atoms with E-state index in [-0.39, 0.29) is 5.33 Å². The quantitative estimate of drug-likeness (QED) is 0.820. The Labute approximate surface area is 102 Å². The highest BCUT2D eigenvalue weighted by atomic mass is 79.9. The van der Waals surface area contributed by atoms with Crippen molar-refractivity contribution in [1.29, 1.82) is 5.26 Å². The lowest BCUT2D eigenvalue weighted by Crippen LogP contribution is -2.20. The summed E-state index contributed by atoms with van der Waals surface area (Å²) in [5.74, 6) is 0.450. The zero-order chi connectivity index (χ0) is 12.1. The molecule has 1 aromatic carbocycles. The topological polar surface area (TPSA) is 73.5 Å². The van der Waals surface area contributed by atoms with Crippen molar-refractivity contribution in [3.8, 4) is 11.8 Å². The molecule has 2 N–H and O–H groups in total. The van der Waals surface area contributed by atoms with Crippen LogP contribution in [0.25, 0.3) is 0 Å². The predicted octanol–water partition coefficient (Wildman–Crippen LogP) is 1.36. The van der Waals surface area contributed by atoms with Crippen LogP contribution in [0.3, 0.4) is 0 Å². The molecule has 2 atom stereocenters. The lowest BCUT2D eigenvalue weighted by Gasteiger charge is -2.18. The number of methoxy groups -OCH3 is 1. The summed E-state index contributed by atoms with van der Waals surface area (Å²) in [6, 6.07) is 6.67. The van der Waals surface area contributed by atoms with E-state index in [0.29, 0.717) is 16.9 Å². The minimum atomic E-state index is -1.08. The van der Waals surface area contributed by atoms with Crippen LogP contribution in [0.15, 0.2) is 18.2 Å². The molecule has 0 fully saturated rings. The molecule has 0 aliphatic heterocycles. The Morgan fingerprint density at radius 2 is 2.19 bits per heavy atom. The molecule has 0 amide bonds. The minimum Gasteiger partial charge on any atom is -0.496 e. The molecule has 0 aliphatic rings. The van der Waals surface area contributed by atoms with Gasteiger partial charge in [-0.2, -0.15) is 5.26 Å². The summed E-state index contributed by atoms with van der Waals surface area (Å²) in [5.41, 5.74) is 0.824. The highest BCUT2D eigenvalue weighted by Gasteiger charge is 2.21. The molecule has 86 valence electrons. The van der Waals surface area contributed by atoms with Gasteiger partial charge in [0.25, 0.3) is 0 Å². The number of aliphatic hydroxyl groups excluding tert-OH is 2. The number of benzene rings is 1. The van der Waals surface area contributed by atoms with Crippen molar-refractivity contribution in [3.63, 3.8) is 0 Å². The van der Waals surface area contributed by atoms with Crippen molar-refractivity contribution in [2.45, 2.75) is 12.2 Å². The lowest BCUT2D eigenvalue weighted by atomic mass is 10.0. The molecule has 5 heteroatoms. The van der Waals surface area contributed by atoms with Crippen molar-refractivity contribution < 1.29 is 14.9 Å². The van der Waals surface area contributed by atoms with Crippen LogP contribution in [0, 0.1) is 11.3 Å². The average Bonchev–Trinajstić information content (AvgIpc) is 2.35. The molecular weight excluding hydrogens is 274 g/mol. The number of nitriles is 1. The monoisotopic (exact) mass is 285 g/mol. The number of halogens is 1. The van der Waals surface area contributed by atoms with Crippen LogP contribution >= 0.6 is 15.9 Å². The van der Waals surface area contributed by atoms with Gasteiger partial charge in [0, 0.05) is 10.9 Å². The smallest absolute Gasteiger partial charge is 0.124 e. The number of aliphatic hydroxyl groups is 2. The molecule has 0 aliphatic carbocycles. The van der Waals surface area contributed by atoms with Crippen molar-refractivity contribution in [2.75, 3.05) is 12.4 Å². The number of hydrogen-bond acceptors (Lipinski definition) is 4. The second-order valence-corrected chi connectivity index (χ2v) is 3.88. The van der Waals surface area contributed by atoms with Crippen molar-refractivity contribution >= 4 is 15.9 Å². The first kappa shape index (κ1) is 13.0. The normalized spacial score (nSPS) is 13.9. The van der Waals surface area contributed by atoms with Gasteiger partial charge in [-0.25, -0.2) is 0 Å². The van der Waals surface area contributed by atoms with E-state index in [9.17, 15) is 10.2 Å². The Bertz CT molecular complexity index is 403. The Balaban J connectivity index is 3.14. The number of alkyl halides is 1. The summed E-state index contributed by atoms with van der Waals surface area (Å²) in [4.78, 5) is 0. The maximum Gasteiger partial charge on any atom is 0.124 e. The van der Waals surface area contributed by atoms with E-state index in [1.165, 1.54) is 13.2 Å². The molecule has 2 unspecified atom stereocenters. The van der Waals surface area contributed by atoms with E-state index in [2.05, 4.69) is 15.9 Å². The molecule has 1 rings (SSSR count). The van der Waals surface area contributed by atoms with E-state index in [1.807, 2.05) is 6.07 Å². The molecule has 1 aromatic rings. The van der Waals surface area contributed by atoms with Gasteiger partial charge in [0.1, 0.15) is 11.9 Å². The molecule has 0 heterocycles. The van der Waals surface area contributed by atoms with Gasteiger partial charge in [-0.3, -0.25) is 0 Å². The molecule has 4 nitrogen and oxygen atoms in total. The average molecular weight is 286 g/mol. The molecule has 0 bridgehead atoms. The second kappa shape index (κ2) is 5.85. The van der Waals surface area contributed by atoms with Gasteiger partial charge in [0.15, 0.2) is 0 Å². The molecule has 0 aromatic heterocycles. The highest BCUT2D eigenvalue weighted by Crippen LogP contribution is 2.28. The number of ether oxygens (including phenoxy) is 1.